The smallest absolute Gasteiger partial charge is 0.167 e. The number of hydrogen-bond donors (Lipinski definition) is 1. The van der Waals surface area contributed by atoms with E-state index in [9.17, 15) is 13.6 Å². The van der Waals surface area contributed by atoms with E-state index >= 15 is 0 Å². The van der Waals surface area contributed by atoms with Crippen LogP contribution in [0.1, 0.15) is 40.2 Å². The predicted molar refractivity (Wildman–Crippen MR) is 135 cm³/mol. The SMILES string of the molecule is CC(=O)C=C(C)O.CC(C)(C)c1c[c-]c(-c2nccc3sc(-c4cccc(F)c4F)cc23)cc1.[Ir]. The summed E-state index contributed by atoms with van der Waals surface area (Å²) in [7, 11) is 0. The van der Waals surface area contributed by atoms with Crippen LogP contribution in [0.25, 0.3) is 31.8 Å². The van der Waals surface area contributed by atoms with Crippen LogP contribution in [0.15, 0.2) is 66.6 Å². The van der Waals surface area contributed by atoms with Gasteiger partial charge in [0.25, 0.3) is 0 Å². The van der Waals surface area contributed by atoms with Crippen molar-refractivity contribution < 1.29 is 38.8 Å². The van der Waals surface area contributed by atoms with Crippen molar-refractivity contribution >= 4 is 27.2 Å². The van der Waals surface area contributed by atoms with E-state index in [1.54, 1.807) is 12.3 Å². The maximum Gasteiger partial charge on any atom is 0.167 e. The molecule has 2 aromatic heterocycles. The van der Waals surface area contributed by atoms with Gasteiger partial charge in [-0.05, 0) is 48.5 Å². The molecule has 2 aromatic carbocycles. The van der Waals surface area contributed by atoms with Gasteiger partial charge in [0, 0.05) is 47.5 Å². The molecule has 0 aliphatic rings. The maximum atomic E-state index is 14.2. The Bertz CT molecular complexity index is 1350. The minimum absolute atomic E-state index is 0. The molecule has 0 amide bonds. The molecule has 1 radical (unpaired) electrons. The number of nitrogens with zero attached hydrogens (tertiary/aromatic N) is 1. The molecule has 0 spiro atoms. The summed E-state index contributed by atoms with van der Waals surface area (Å²) < 4.78 is 28.8. The van der Waals surface area contributed by atoms with E-state index in [1.165, 1.54) is 42.9 Å². The van der Waals surface area contributed by atoms with Crippen molar-refractivity contribution in [2.45, 2.75) is 40.0 Å². The first-order valence-corrected chi connectivity index (χ1v) is 11.5. The standard InChI is InChI=1S/C23H18F2NS.C5H8O2.Ir/c1-23(2,3)15-9-7-14(8-10-15)22-17-13-20(27-19(17)11-12-26-22)16-5-4-6-18(24)21(16)25;1-4(6)3-5(2)7;/h4-7,9-13H,1-3H3;3,6H,1-2H3;/q-1;;. The summed E-state index contributed by atoms with van der Waals surface area (Å²) in [6.45, 7) is 9.33. The zero-order valence-electron chi connectivity index (χ0n) is 20.1. The molecule has 4 rings (SSSR count). The maximum absolute atomic E-state index is 14.2. The van der Waals surface area contributed by atoms with Crippen LogP contribution in [-0.2, 0) is 30.3 Å². The van der Waals surface area contributed by atoms with Gasteiger partial charge in [-0.15, -0.1) is 46.7 Å². The third kappa shape index (κ3) is 7.14. The van der Waals surface area contributed by atoms with Crippen LogP contribution in [0.3, 0.4) is 0 Å². The number of aliphatic hydroxyl groups excluding tert-OH is 1. The second kappa shape index (κ2) is 11.8. The Labute approximate surface area is 221 Å². The van der Waals surface area contributed by atoms with Crippen LogP contribution >= 0.6 is 11.3 Å². The van der Waals surface area contributed by atoms with Crippen molar-refractivity contribution in [1.29, 1.82) is 0 Å². The van der Waals surface area contributed by atoms with Crippen molar-refractivity contribution in [3.63, 3.8) is 0 Å². The number of hydrogen-bond acceptors (Lipinski definition) is 4. The van der Waals surface area contributed by atoms with Gasteiger partial charge in [-0.1, -0.05) is 32.9 Å². The summed E-state index contributed by atoms with van der Waals surface area (Å²) in [5, 5.41) is 9.28. The van der Waals surface area contributed by atoms with Gasteiger partial charge in [0.2, 0.25) is 0 Å². The molecule has 185 valence electrons. The molecular formula is C28H26F2IrNO2S-. The Hall–Kier alpha value is -2.73. The molecule has 0 bridgehead atoms. The Kier molecular flexibility index (Phi) is 9.61. The normalized spacial score (nSPS) is 11.5. The van der Waals surface area contributed by atoms with Crippen molar-refractivity contribution in [2.24, 2.45) is 0 Å². The molecule has 0 unspecified atom stereocenters. The largest absolute Gasteiger partial charge is 0.512 e. The molecule has 7 heteroatoms. The summed E-state index contributed by atoms with van der Waals surface area (Å²) in [6.07, 6.45) is 2.91. The average Bonchev–Trinajstić information content (AvgIpc) is 3.19. The molecule has 35 heavy (non-hydrogen) atoms. The molecule has 3 nitrogen and oxygen atoms in total. The number of aliphatic hydroxyl groups is 1. The molecule has 0 saturated heterocycles. The number of ketones is 1. The van der Waals surface area contributed by atoms with Crippen LogP contribution in [0.2, 0.25) is 0 Å². The summed E-state index contributed by atoms with van der Waals surface area (Å²) >= 11 is 1.43. The Balaban J connectivity index is 0.000000476. The first-order chi connectivity index (χ1) is 16.0. The van der Waals surface area contributed by atoms with Gasteiger partial charge in [-0.2, -0.15) is 0 Å². The zero-order chi connectivity index (χ0) is 25.0. The van der Waals surface area contributed by atoms with Crippen LogP contribution < -0.4 is 0 Å². The van der Waals surface area contributed by atoms with Crippen molar-refractivity contribution in [1.82, 2.24) is 4.98 Å². The number of carbonyl (C=O) groups excluding carboxylic acids is 1. The second-order valence-corrected chi connectivity index (χ2v) is 10.0. The van der Waals surface area contributed by atoms with Gasteiger partial charge in [-0.25, -0.2) is 8.78 Å². The minimum atomic E-state index is -0.839. The number of allylic oxidation sites excluding steroid dienone is 2. The van der Waals surface area contributed by atoms with Crippen molar-refractivity contribution in [3.05, 3.63) is 89.8 Å². The van der Waals surface area contributed by atoms with Gasteiger partial charge in [0.05, 0.1) is 5.76 Å². The zero-order valence-corrected chi connectivity index (χ0v) is 23.3. The van der Waals surface area contributed by atoms with Crippen LogP contribution in [0.4, 0.5) is 8.78 Å². The molecule has 0 fully saturated rings. The van der Waals surface area contributed by atoms with E-state index < -0.39 is 11.6 Å². The number of thiophene rings is 1. The van der Waals surface area contributed by atoms with Crippen LogP contribution in [0.5, 0.6) is 0 Å². The molecule has 0 aliphatic carbocycles. The number of benzene rings is 2. The monoisotopic (exact) mass is 671 g/mol. The molecule has 0 atom stereocenters. The number of pyridine rings is 1. The molecular weight excluding hydrogens is 645 g/mol. The van der Waals surface area contributed by atoms with E-state index in [1.807, 2.05) is 24.3 Å². The summed E-state index contributed by atoms with van der Waals surface area (Å²) in [4.78, 5) is 15.2. The van der Waals surface area contributed by atoms with Crippen molar-refractivity contribution in [2.75, 3.05) is 0 Å². The average molecular weight is 671 g/mol. The number of aromatic nitrogens is 1. The molecule has 0 saturated carbocycles. The summed E-state index contributed by atoms with van der Waals surface area (Å²) in [6, 6.07) is 17.5. The molecule has 1 N–H and O–H groups in total. The minimum Gasteiger partial charge on any atom is -0.512 e. The number of fused-ring (bicyclic) bond motifs is 1. The van der Waals surface area contributed by atoms with Gasteiger partial charge in [0.15, 0.2) is 17.4 Å². The number of halogens is 2. The molecule has 0 aliphatic heterocycles. The number of rotatable bonds is 3. The van der Waals surface area contributed by atoms with Crippen molar-refractivity contribution in [3.8, 4) is 21.7 Å². The van der Waals surface area contributed by atoms with Gasteiger partial charge >= 0.3 is 0 Å². The summed E-state index contributed by atoms with van der Waals surface area (Å²) in [5.41, 5.74) is 3.21. The fourth-order valence-electron chi connectivity index (χ4n) is 3.34. The molecule has 4 aromatic rings. The van der Waals surface area contributed by atoms with Crippen LogP contribution in [-0.4, -0.2) is 15.9 Å². The first kappa shape index (κ1) is 28.5. The topological polar surface area (TPSA) is 50.2 Å². The Morgan fingerprint density at radius 2 is 1.83 bits per heavy atom. The third-order valence-corrected chi connectivity index (χ3v) is 6.14. The fraction of sp³-hybridized carbons (Fsp3) is 0.214. The quantitative estimate of drug-likeness (QED) is 0.136. The fourth-order valence-corrected chi connectivity index (χ4v) is 4.41. The van der Waals surface area contributed by atoms with E-state index in [4.69, 9.17) is 5.11 Å². The number of carbonyl (C=O) groups is 1. The third-order valence-electron chi connectivity index (χ3n) is 5.01. The van der Waals surface area contributed by atoms with E-state index in [0.717, 1.165) is 27.4 Å². The first-order valence-electron chi connectivity index (χ1n) is 10.7. The Morgan fingerprint density at radius 3 is 2.37 bits per heavy atom. The van der Waals surface area contributed by atoms with Crippen LogP contribution in [0, 0.1) is 17.7 Å². The van der Waals surface area contributed by atoms with E-state index in [-0.39, 0.29) is 42.6 Å². The molecule has 2 heterocycles. The van der Waals surface area contributed by atoms with E-state index in [0.29, 0.717) is 4.88 Å². The van der Waals surface area contributed by atoms with Gasteiger partial charge in [-0.3, -0.25) is 4.79 Å². The Morgan fingerprint density at radius 1 is 1.11 bits per heavy atom. The second-order valence-electron chi connectivity index (χ2n) is 8.92. The van der Waals surface area contributed by atoms with Gasteiger partial charge in [0.1, 0.15) is 0 Å². The summed E-state index contributed by atoms with van der Waals surface area (Å²) in [5.74, 6) is -1.72. The predicted octanol–water partition coefficient (Wildman–Crippen LogP) is 8.04. The van der Waals surface area contributed by atoms with E-state index in [2.05, 4.69) is 37.9 Å². The van der Waals surface area contributed by atoms with Gasteiger partial charge < -0.3 is 10.1 Å².